The monoisotopic (exact) mass is 311 g/mol. The van der Waals surface area contributed by atoms with E-state index < -0.39 is 0 Å². The molecule has 2 rings (SSSR count). The zero-order chi connectivity index (χ0) is 15.4. The molecule has 2 atom stereocenters. The maximum Gasteiger partial charge on any atom is 0.241 e. The lowest BCUT2D eigenvalue weighted by Crippen LogP contribution is -2.44. The number of rotatable bonds is 3. The van der Waals surface area contributed by atoms with Crippen LogP contribution in [0.5, 0.6) is 0 Å². The number of carbonyl (C=O) groups is 1. The summed E-state index contributed by atoms with van der Waals surface area (Å²) in [5.41, 5.74) is 6.86. The van der Waals surface area contributed by atoms with E-state index in [9.17, 15) is 4.79 Å². The number of hydrogen-bond acceptors (Lipinski definition) is 4. The SMILES string of the molecule is CC1CN(C(C)C(=O)Nc2ccc(Cl)c(N)c2)CCCO1. The summed E-state index contributed by atoms with van der Waals surface area (Å²) in [6.07, 6.45) is 1.09. The topological polar surface area (TPSA) is 67.6 Å². The molecule has 0 radical (unpaired) electrons. The van der Waals surface area contributed by atoms with Crippen molar-refractivity contribution in [2.24, 2.45) is 0 Å². The van der Waals surface area contributed by atoms with E-state index in [1.807, 2.05) is 13.8 Å². The number of halogens is 1. The molecule has 3 N–H and O–H groups in total. The fourth-order valence-corrected chi connectivity index (χ4v) is 2.53. The van der Waals surface area contributed by atoms with E-state index in [0.717, 1.165) is 26.1 Å². The molecule has 116 valence electrons. The van der Waals surface area contributed by atoms with Crippen LogP contribution in [0.3, 0.4) is 0 Å². The number of anilines is 2. The molecule has 1 aliphatic rings. The van der Waals surface area contributed by atoms with Gasteiger partial charge in [-0.2, -0.15) is 0 Å². The number of nitrogens with one attached hydrogen (secondary N) is 1. The zero-order valence-corrected chi connectivity index (χ0v) is 13.2. The van der Waals surface area contributed by atoms with E-state index in [0.29, 0.717) is 16.4 Å². The molecule has 1 amide bonds. The Balaban J connectivity index is 1.99. The molecule has 2 unspecified atom stereocenters. The minimum absolute atomic E-state index is 0.0502. The molecular formula is C15H22ClN3O2. The van der Waals surface area contributed by atoms with Crippen LogP contribution in [0.1, 0.15) is 20.3 Å². The minimum atomic E-state index is -0.217. The Morgan fingerprint density at radius 1 is 1.57 bits per heavy atom. The van der Waals surface area contributed by atoms with E-state index in [4.69, 9.17) is 22.1 Å². The smallest absolute Gasteiger partial charge is 0.241 e. The average molecular weight is 312 g/mol. The Labute approximate surface area is 130 Å². The molecule has 21 heavy (non-hydrogen) atoms. The lowest BCUT2D eigenvalue weighted by molar-refractivity contribution is -0.121. The molecule has 1 heterocycles. The second-order valence-corrected chi connectivity index (χ2v) is 5.84. The summed E-state index contributed by atoms with van der Waals surface area (Å²) >= 11 is 5.88. The molecule has 1 fully saturated rings. The normalized spacial score (nSPS) is 21.6. The number of hydrogen-bond donors (Lipinski definition) is 2. The summed E-state index contributed by atoms with van der Waals surface area (Å²) in [6.45, 7) is 6.31. The molecule has 5 nitrogen and oxygen atoms in total. The van der Waals surface area contributed by atoms with E-state index in [1.165, 1.54) is 0 Å². The lowest BCUT2D eigenvalue weighted by Gasteiger charge is -2.27. The van der Waals surface area contributed by atoms with Crippen molar-refractivity contribution in [2.75, 3.05) is 30.7 Å². The van der Waals surface area contributed by atoms with Gasteiger partial charge in [0.25, 0.3) is 0 Å². The third-order valence-corrected chi connectivity index (χ3v) is 4.02. The van der Waals surface area contributed by atoms with Crippen LogP contribution >= 0.6 is 11.6 Å². The summed E-state index contributed by atoms with van der Waals surface area (Å²) in [6, 6.07) is 4.88. The lowest BCUT2D eigenvalue weighted by atomic mass is 10.2. The standard InChI is InChI=1S/C15H22ClN3O2/c1-10-9-19(6-3-7-21-10)11(2)15(20)18-12-4-5-13(16)14(17)8-12/h4-5,8,10-11H,3,6-7,9,17H2,1-2H3,(H,18,20). The molecule has 6 heteroatoms. The third-order valence-electron chi connectivity index (χ3n) is 3.67. The van der Waals surface area contributed by atoms with Crippen molar-refractivity contribution >= 4 is 28.9 Å². The number of nitrogens with two attached hydrogens (primary N) is 1. The quantitative estimate of drug-likeness (QED) is 0.841. The summed E-state index contributed by atoms with van der Waals surface area (Å²) in [5.74, 6) is -0.0502. The Morgan fingerprint density at radius 2 is 2.33 bits per heavy atom. The van der Waals surface area contributed by atoms with Gasteiger partial charge in [-0.3, -0.25) is 9.69 Å². The van der Waals surface area contributed by atoms with Gasteiger partial charge in [0.05, 0.1) is 22.9 Å². The summed E-state index contributed by atoms with van der Waals surface area (Å²) < 4.78 is 5.61. The van der Waals surface area contributed by atoms with Gasteiger partial charge < -0.3 is 15.8 Å². The first kappa shape index (κ1) is 16.1. The molecule has 0 aromatic heterocycles. The van der Waals surface area contributed by atoms with Gasteiger partial charge in [0.1, 0.15) is 0 Å². The number of benzene rings is 1. The van der Waals surface area contributed by atoms with Gasteiger partial charge in [0, 0.05) is 25.4 Å². The third kappa shape index (κ3) is 4.33. The van der Waals surface area contributed by atoms with Gasteiger partial charge in [-0.15, -0.1) is 0 Å². The van der Waals surface area contributed by atoms with Gasteiger partial charge in [-0.05, 0) is 38.5 Å². The highest BCUT2D eigenvalue weighted by molar-refractivity contribution is 6.33. The Morgan fingerprint density at radius 3 is 3.05 bits per heavy atom. The van der Waals surface area contributed by atoms with Crippen molar-refractivity contribution in [3.05, 3.63) is 23.2 Å². The van der Waals surface area contributed by atoms with Gasteiger partial charge in [0.15, 0.2) is 0 Å². The van der Waals surface area contributed by atoms with E-state index in [2.05, 4.69) is 10.2 Å². The second kappa shape index (κ2) is 7.11. The summed E-state index contributed by atoms with van der Waals surface area (Å²) in [5, 5.41) is 3.37. The predicted molar refractivity (Wildman–Crippen MR) is 85.6 cm³/mol. The van der Waals surface area contributed by atoms with Crippen molar-refractivity contribution in [3.63, 3.8) is 0 Å². The maximum absolute atomic E-state index is 12.4. The van der Waals surface area contributed by atoms with Crippen LogP contribution in [0.4, 0.5) is 11.4 Å². The van der Waals surface area contributed by atoms with E-state index in [1.54, 1.807) is 18.2 Å². The predicted octanol–water partition coefficient (Wildman–Crippen LogP) is 2.36. The second-order valence-electron chi connectivity index (χ2n) is 5.43. The van der Waals surface area contributed by atoms with Gasteiger partial charge in [-0.25, -0.2) is 0 Å². The summed E-state index contributed by atoms with van der Waals surface area (Å²) in [7, 11) is 0. The van der Waals surface area contributed by atoms with E-state index >= 15 is 0 Å². The van der Waals surface area contributed by atoms with Crippen LogP contribution in [-0.2, 0) is 9.53 Å². The van der Waals surface area contributed by atoms with Crippen molar-refractivity contribution in [1.29, 1.82) is 0 Å². The number of amides is 1. The highest BCUT2D eigenvalue weighted by atomic mass is 35.5. The molecule has 1 saturated heterocycles. The molecule has 0 spiro atoms. The fraction of sp³-hybridized carbons (Fsp3) is 0.533. The van der Waals surface area contributed by atoms with Crippen molar-refractivity contribution < 1.29 is 9.53 Å². The Hall–Kier alpha value is -1.30. The van der Waals surface area contributed by atoms with Crippen LogP contribution in [-0.4, -0.2) is 42.6 Å². The van der Waals surface area contributed by atoms with Crippen LogP contribution in [0.2, 0.25) is 5.02 Å². The minimum Gasteiger partial charge on any atom is -0.397 e. The zero-order valence-electron chi connectivity index (χ0n) is 12.4. The van der Waals surface area contributed by atoms with Gasteiger partial charge >= 0.3 is 0 Å². The molecular weight excluding hydrogens is 290 g/mol. The van der Waals surface area contributed by atoms with Crippen LogP contribution < -0.4 is 11.1 Å². The average Bonchev–Trinajstić information content (AvgIpc) is 2.66. The first-order valence-electron chi connectivity index (χ1n) is 7.19. The Bertz CT molecular complexity index is 510. The molecule has 1 aromatic carbocycles. The maximum atomic E-state index is 12.4. The number of nitrogen functional groups attached to an aromatic ring is 1. The Kier molecular flexibility index (Phi) is 5.45. The van der Waals surface area contributed by atoms with E-state index in [-0.39, 0.29) is 18.1 Å². The largest absolute Gasteiger partial charge is 0.397 e. The van der Waals surface area contributed by atoms with Crippen molar-refractivity contribution in [2.45, 2.75) is 32.4 Å². The number of nitrogens with zero attached hydrogens (tertiary/aromatic N) is 1. The van der Waals surface area contributed by atoms with Crippen molar-refractivity contribution in [1.82, 2.24) is 4.90 Å². The first-order valence-corrected chi connectivity index (χ1v) is 7.56. The number of ether oxygens (including phenoxy) is 1. The molecule has 0 saturated carbocycles. The van der Waals surface area contributed by atoms with Crippen molar-refractivity contribution in [3.8, 4) is 0 Å². The van der Waals surface area contributed by atoms with Crippen LogP contribution in [0, 0.1) is 0 Å². The van der Waals surface area contributed by atoms with Crippen LogP contribution in [0.15, 0.2) is 18.2 Å². The summed E-state index contributed by atoms with van der Waals surface area (Å²) in [4.78, 5) is 14.5. The fourth-order valence-electron chi connectivity index (χ4n) is 2.41. The van der Waals surface area contributed by atoms with Gasteiger partial charge in [0.2, 0.25) is 5.91 Å². The molecule has 0 aliphatic carbocycles. The molecule has 1 aromatic rings. The molecule has 0 bridgehead atoms. The number of carbonyl (C=O) groups excluding carboxylic acids is 1. The van der Waals surface area contributed by atoms with Gasteiger partial charge in [-0.1, -0.05) is 11.6 Å². The molecule has 1 aliphatic heterocycles. The highest BCUT2D eigenvalue weighted by Crippen LogP contribution is 2.22. The first-order chi connectivity index (χ1) is 9.97. The van der Waals surface area contributed by atoms with Crippen LogP contribution in [0.25, 0.3) is 0 Å². The highest BCUT2D eigenvalue weighted by Gasteiger charge is 2.24.